The Bertz CT molecular complexity index is 1090. The van der Waals surface area contributed by atoms with E-state index in [9.17, 15) is 0 Å². The normalized spacial score (nSPS) is 15.3. The third-order valence-corrected chi connectivity index (χ3v) is 6.16. The van der Waals surface area contributed by atoms with Gasteiger partial charge in [0, 0.05) is 50.7 Å². The Labute approximate surface area is 172 Å². The summed E-state index contributed by atoms with van der Waals surface area (Å²) in [4.78, 5) is 14.8. The molecule has 148 valence electrons. The fraction of sp³-hybridized carbons (Fsp3) is 0.286. The first-order valence-corrected chi connectivity index (χ1v) is 10.6. The van der Waals surface area contributed by atoms with Gasteiger partial charge in [0.05, 0.1) is 11.5 Å². The largest absolute Gasteiger partial charge is 0.395 e. The first-order valence-electron chi connectivity index (χ1n) is 9.76. The standard InChI is InChI=1S/C21H22N6OS/c28-14-13-25-9-11-26(12-10-25)19-4-3-18-23-20(17-2-1-15-29-17)21(27(18)24-19)16-5-7-22-8-6-16/h1-8,15,28H,9-14H2. The van der Waals surface area contributed by atoms with Crippen LogP contribution in [0.25, 0.3) is 27.5 Å². The molecule has 5 rings (SSSR count). The van der Waals surface area contributed by atoms with Gasteiger partial charge in [-0.2, -0.15) is 0 Å². The van der Waals surface area contributed by atoms with Crippen molar-refractivity contribution in [1.29, 1.82) is 0 Å². The quantitative estimate of drug-likeness (QED) is 0.550. The number of pyridine rings is 1. The van der Waals surface area contributed by atoms with Crippen molar-refractivity contribution < 1.29 is 5.11 Å². The molecule has 1 saturated heterocycles. The first kappa shape index (κ1) is 18.2. The summed E-state index contributed by atoms with van der Waals surface area (Å²) in [6.45, 7) is 4.60. The minimum Gasteiger partial charge on any atom is -0.395 e. The van der Waals surface area contributed by atoms with E-state index in [-0.39, 0.29) is 6.61 Å². The highest BCUT2D eigenvalue weighted by molar-refractivity contribution is 7.13. The zero-order valence-corrected chi connectivity index (χ0v) is 16.8. The average molecular weight is 407 g/mol. The van der Waals surface area contributed by atoms with Gasteiger partial charge < -0.3 is 10.0 Å². The van der Waals surface area contributed by atoms with Crippen molar-refractivity contribution in [1.82, 2.24) is 24.5 Å². The van der Waals surface area contributed by atoms with E-state index in [2.05, 4.69) is 32.3 Å². The van der Waals surface area contributed by atoms with Crippen molar-refractivity contribution in [2.45, 2.75) is 0 Å². The van der Waals surface area contributed by atoms with Gasteiger partial charge in [-0.1, -0.05) is 6.07 Å². The lowest BCUT2D eigenvalue weighted by atomic mass is 10.1. The predicted octanol–water partition coefficient (Wildman–Crippen LogP) is 2.63. The molecule has 0 saturated carbocycles. The fourth-order valence-electron chi connectivity index (χ4n) is 3.79. The Kier molecular flexibility index (Phi) is 4.97. The predicted molar refractivity (Wildman–Crippen MR) is 115 cm³/mol. The van der Waals surface area contributed by atoms with Gasteiger partial charge in [-0.25, -0.2) is 9.50 Å². The van der Waals surface area contributed by atoms with Gasteiger partial charge in [0.15, 0.2) is 5.65 Å². The number of hydrogen-bond acceptors (Lipinski definition) is 7. The number of piperazine rings is 1. The summed E-state index contributed by atoms with van der Waals surface area (Å²) < 4.78 is 1.96. The molecule has 0 atom stereocenters. The van der Waals surface area contributed by atoms with Crippen LogP contribution in [-0.2, 0) is 0 Å². The number of rotatable bonds is 5. The van der Waals surface area contributed by atoms with E-state index < -0.39 is 0 Å². The molecule has 1 N–H and O–H groups in total. The Balaban J connectivity index is 1.57. The van der Waals surface area contributed by atoms with Crippen molar-refractivity contribution >= 4 is 22.8 Å². The van der Waals surface area contributed by atoms with Gasteiger partial charge >= 0.3 is 0 Å². The maximum atomic E-state index is 9.16. The number of nitrogens with zero attached hydrogens (tertiary/aromatic N) is 6. The maximum Gasteiger partial charge on any atom is 0.155 e. The molecule has 0 aliphatic carbocycles. The topological polar surface area (TPSA) is 69.8 Å². The number of aromatic nitrogens is 4. The number of β-amino-alcohol motifs (C(OH)–C–C–N with tert-alkyl or cyclic N) is 1. The second-order valence-corrected chi connectivity index (χ2v) is 7.98. The second kappa shape index (κ2) is 7.90. The highest BCUT2D eigenvalue weighted by atomic mass is 32.1. The van der Waals surface area contributed by atoms with Gasteiger partial charge in [-0.15, -0.1) is 16.4 Å². The molecule has 0 aromatic carbocycles. The van der Waals surface area contributed by atoms with Crippen LogP contribution < -0.4 is 4.90 Å². The summed E-state index contributed by atoms with van der Waals surface area (Å²) in [5, 5.41) is 16.2. The van der Waals surface area contributed by atoms with Crippen molar-refractivity contribution in [3.8, 4) is 21.8 Å². The van der Waals surface area contributed by atoms with E-state index in [1.165, 1.54) is 0 Å². The summed E-state index contributed by atoms with van der Waals surface area (Å²) in [5.74, 6) is 0.951. The smallest absolute Gasteiger partial charge is 0.155 e. The zero-order chi connectivity index (χ0) is 19.6. The molecule has 1 fully saturated rings. The molecular weight excluding hydrogens is 384 g/mol. The highest BCUT2D eigenvalue weighted by Gasteiger charge is 2.21. The summed E-state index contributed by atoms with van der Waals surface area (Å²) in [7, 11) is 0. The summed E-state index contributed by atoms with van der Waals surface area (Å²) in [6, 6.07) is 12.2. The molecule has 5 heterocycles. The Morgan fingerprint density at radius 1 is 1.00 bits per heavy atom. The van der Waals surface area contributed by atoms with Crippen molar-refractivity contribution in [2.24, 2.45) is 0 Å². The summed E-state index contributed by atoms with van der Waals surface area (Å²) in [6.07, 6.45) is 3.61. The summed E-state index contributed by atoms with van der Waals surface area (Å²) >= 11 is 1.68. The second-order valence-electron chi connectivity index (χ2n) is 7.04. The van der Waals surface area contributed by atoms with E-state index >= 15 is 0 Å². The van der Waals surface area contributed by atoms with Crippen LogP contribution in [0.15, 0.2) is 54.2 Å². The molecule has 29 heavy (non-hydrogen) atoms. The molecule has 0 bridgehead atoms. The lowest BCUT2D eigenvalue weighted by Crippen LogP contribution is -2.47. The monoisotopic (exact) mass is 406 g/mol. The number of aliphatic hydroxyl groups is 1. The van der Waals surface area contributed by atoms with E-state index in [1.54, 1.807) is 23.7 Å². The molecule has 0 amide bonds. The van der Waals surface area contributed by atoms with E-state index in [0.717, 1.165) is 66.0 Å². The molecule has 8 heteroatoms. The minimum absolute atomic E-state index is 0.208. The van der Waals surface area contributed by atoms with Crippen LogP contribution in [0, 0.1) is 0 Å². The molecular formula is C21H22N6OS. The van der Waals surface area contributed by atoms with Crippen LogP contribution in [0.2, 0.25) is 0 Å². The first-order chi connectivity index (χ1) is 14.3. The number of aliphatic hydroxyl groups excluding tert-OH is 1. The van der Waals surface area contributed by atoms with Crippen molar-refractivity contribution in [3.63, 3.8) is 0 Å². The number of fused-ring (bicyclic) bond motifs is 1. The Hall–Kier alpha value is -2.81. The van der Waals surface area contributed by atoms with Gasteiger partial charge in [0.2, 0.25) is 0 Å². The third-order valence-electron chi connectivity index (χ3n) is 5.28. The molecule has 7 nitrogen and oxygen atoms in total. The van der Waals surface area contributed by atoms with Gasteiger partial charge in [0.25, 0.3) is 0 Å². The number of anilines is 1. The molecule has 1 aliphatic rings. The molecule has 0 unspecified atom stereocenters. The van der Waals surface area contributed by atoms with Gasteiger partial charge in [-0.05, 0) is 35.7 Å². The van der Waals surface area contributed by atoms with Crippen LogP contribution in [0.1, 0.15) is 0 Å². The molecule has 0 spiro atoms. The van der Waals surface area contributed by atoms with Gasteiger partial charge in [-0.3, -0.25) is 9.88 Å². The maximum absolute atomic E-state index is 9.16. The minimum atomic E-state index is 0.208. The van der Waals surface area contributed by atoms with Crippen LogP contribution >= 0.6 is 11.3 Å². The fourth-order valence-corrected chi connectivity index (χ4v) is 4.50. The van der Waals surface area contributed by atoms with Crippen molar-refractivity contribution in [2.75, 3.05) is 44.2 Å². The summed E-state index contributed by atoms with van der Waals surface area (Å²) in [5.41, 5.74) is 3.82. The highest BCUT2D eigenvalue weighted by Crippen LogP contribution is 2.34. The van der Waals surface area contributed by atoms with E-state index in [4.69, 9.17) is 15.2 Å². The lowest BCUT2D eigenvalue weighted by Gasteiger charge is -2.34. The van der Waals surface area contributed by atoms with E-state index in [0.29, 0.717) is 0 Å². The average Bonchev–Trinajstić information content (AvgIpc) is 3.42. The Morgan fingerprint density at radius 3 is 2.55 bits per heavy atom. The number of thiophene rings is 1. The van der Waals surface area contributed by atoms with Crippen LogP contribution in [0.3, 0.4) is 0 Å². The van der Waals surface area contributed by atoms with Crippen LogP contribution in [-0.4, -0.2) is 68.9 Å². The Morgan fingerprint density at radius 2 is 1.83 bits per heavy atom. The third kappa shape index (κ3) is 3.50. The van der Waals surface area contributed by atoms with Crippen LogP contribution in [0.4, 0.5) is 5.82 Å². The van der Waals surface area contributed by atoms with Crippen molar-refractivity contribution in [3.05, 3.63) is 54.2 Å². The molecule has 4 aromatic rings. The van der Waals surface area contributed by atoms with E-state index in [1.807, 2.05) is 28.8 Å². The molecule has 4 aromatic heterocycles. The number of imidazole rings is 1. The van der Waals surface area contributed by atoms with Gasteiger partial charge in [0.1, 0.15) is 17.2 Å². The molecule has 0 radical (unpaired) electrons. The number of hydrogen-bond donors (Lipinski definition) is 1. The van der Waals surface area contributed by atoms with Crippen LogP contribution in [0.5, 0.6) is 0 Å². The lowest BCUT2D eigenvalue weighted by molar-refractivity contribution is 0.188. The SMILES string of the molecule is OCCN1CCN(c2ccc3nc(-c4cccs4)c(-c4ccncc4)n3n2)CC1. The zero-order valence-electron chi connectivity index (χ0n) is 16.0. The molecule has 1 aliphatic heterocycles.